The van der Waals surface area contributed by atoms with Gasteiger partial charge in [0.1, 0.15) is 0 Å². The summed E-state index contributed by atoms with van der Waals surface area (Å²) in [6, 6.07) is 4.33. The van der Waals surface area contributed by atoms with Crippen molar-refractivity contribution in [2.75, 3.05) is 5.32 Å². The number of carbonyl (C=O) groups is 2. The third-order valence-corrected chi connectivity index (χ3v) is 2.47. The summed E-state index contributed by atoms with van der Waals surface area (Å²) in [6.07, 6.45) is 1.50. The van der Waals surface area contributed by atoms with Crippen molar-refractivity contribution in [3.05, 3.63) is 24.4 Å². The second kappa shape index (κ2) is 4.84. The van der Waals surface area contributed by atoms with E-state index in [4.69, 9.17) is 11.5 Å². The molecule has 0 bridgehead atoms. The number of primary amides is 1. The quantitative estimate of drug-likeness (QED) is 0.591. The van der Waals surface area contributed by atoms with Crippen LogP contribution in [0.1, 0.15) is 6.42 Å². The van der Waals surface area contributed by atoms with E-state index in [2.05, 4.69) is 15.5 Å². The summed E-state index contributed by atoms with van der Waals surface area (Å²) in [7, 11) is 0. The highest BCUT2D eigenvalue weighted by atomic mass is 16.2. The first kappa shape index (κ1) is 12.1. The zero-order valence-corrected chi connectivity index (χ0v) is 9.51. The number of aromatic nitrogens is 2. The molecule has 1 aromatic carbocycles. The Bertz CT molecular complexity index is 592. The lowest BCUT2D eigenvalue weighted by Gasteiger charge is -2.10. The highest BCUT2D eigenvalue weighted by molar-refractivity contribution is 5.98. The lowest BCUT2D eigenvalue weighted by molar-refractivity contribution is -0.123. The molecule has 0 aliphatic rings. The second-order valence-electron chi connectivity index (χ2n) is 3.94. The molecule has 1 aromatic heterocycles. The molecule has 0 saturated heterocycles. The molecule has 7 heteroatoms. The van der Waals surface area contributed by atoms with Gasteiger partial charge < -0.3 is 16.8 Å². The maximum Gasteiger partial charge on any atom is 0.241 e. The van der Waals surface area contributed by atoms with Crippen molar-refractivity contribution >= 4 is 28.4 Å². The zero-order valence-electron chi connectivity index (χ0n) is 9.51. The number of H-pyrrole nitrogens is 1. The molecule has 0 aliphatic carbocycles. The standard InChI is InChI=1S/C11H13N5O2/c12-8(4-10(13)17)11(18)15-7-2-1-6-5-14-16-9(6)3-7/h1-3,5,8H,4,12H2,(H2,13,17)(H,14,16)(H,15,18). The Morgan fingerprint density at radius 1 is 1.44 bits per heavy atom. The Morgan fingerprint density at radius 3 is 2.94 bits per heavy atom. The summed E-state index contributed by atoms with van der Waals surface area (Å²) in [6.45, 7) is 0. The first-order chi connectivity index (χ1) is 8.56. The van der Waals surface area contributed by atoms with E-state index in [9.17, 15) is 9.59 Å². The molecule has 0 aliphatic heterocycles. The van der Waals surface area contributed by atoms with Gasteiger partial charge >= 0.3 is 0 Å². The van der Waals surface area contributed by atoms with Gasteiger partial charge in [-0.15, -0.1) is 0 Å². The molecule has 0 saturated carbocycles. The lowest BCUT2D eigenvalue weighted by Crippen LogP contribution is -2.38. The first-order valence-electron chi connectivity index (χ1n) is 5.34. The van der Waals surface area contributed by atoms with Crippen LogP contribution in [-0.4, -0.2) is 28.1 Å². The Labute approximate surface area is 103 Å². The molecule has 2 amide bonds. The molecule has 2 aromatic rings. The molecule has 0 fully saturated rings. The van der Waals surface area contributed by atoms with Gasteiger partial charge in [-0.05, 0) is 18.2 Å². The Balaban J connectivity index is 2.08. The fourth-order valence-electron chi connectivity index (χ4n) is 1.56. The zero-order chi connectivity index (χ0) is 13.1. The topological polar surface area (TPSA) is 127 Å². The van der Waals surface area contributed by atoms with E-state index in [1.54, 1.807) is 18.3 Å². The van der Waals surface area contributed by atoms with Crippen LogP contribution in [0.3, 0.4) is 0 Å². The number of amides is 2. The third kappa shape index (κ3) is 2.64. The predicted molar refractivity (Wildman–Crippen MR) is 66.5 cm³/mol. The van der Waals surface area contributed by atoms with E-state index in [1.807, 2.05) is 6.07 Å². The fourth-order valence-corrected chi connectivity index (χ4v) is 1.56. The van der Waals surface area contributed by atoms with Crippen LogP contribution < -0.4 is 16.8 Å². The molecular formula is C11H13N5O2. The molecule has 18 heavy (non-hydrogen) atoms. The SMILES string of the molecule is NC(=O)CC(N)C(=O)Nc1ccc2cn[nH]c2c1. The summed E-state index contributed by atoms with van der Waals surface area (Å²) in [4.78, 5) is 22.3. The maximum absolute atomic E-state index is 11.7. The number of nitrogens with one attached hydrogen (secondary N) is 2. The average molecular weight is 247 g/mol. The summed E-state index contributed by atoms with van der Waals surface area (Å²) in [5, 5.41) is 10.2. The molecule has 6 N–H and O–H groups in total. The number of nitrogens with zero attached hydrogens (tertiary/aromatic N) is 1. The van der Waals surface area contributed by atoms with Crippen LogP contribution >= 0.6 is 0 Å². The van der Waals surface area contributed by atoms with Gasteiger partial charge in [0, 0.05) is 11.1 Å². The highest BCUT2D eigenvalue weighted by Crippen LogP contribution is 2.16. The number of hydrogen-bond donors (Lipinski definition) is 4. The summed E-state index contributed by atoms with van der Waals surface area (Å²) < 4.78 is 0. The van der Waals surface area contributed by atoms with E-state index in [1.165, 1.54) is 0 Å². The van der Waals surface area contributed by atoms with E-state index in [0.29, 0.717) is 5.69 Å². The van der Waals surface area contributed by atoms with Gasteiger partial charge in [-0.2, -0.15) is 5.10 Å². The Hall–Kier alpha value is -2.41. The molecule has 1 heterocycles. The van der Waals surface area contributed by atoms with Crippen molar-refractivity contribution in [3.63, 3.8) is 0 Å². The van der Waals surface area contributed by atoms with Crippen molar-refractivity contribution in [1.29, 1.82) is 0 Å². The van der Waals surface area contributed by atoms with Crippen LogP contribution in [0, 0.1) is 0 Å². The van der Waals surface area contributed by atoms with E-state index < -0.39 is 17.9 Å². The van der Waals surface area contributed by atoms with Crippen LogP contribution in [-0.2, 0) is 9.59 Å². The number of nitrogens with two attached hydrogens (primary N) is 2. The summed E-state index contributed by atoms with van der Waals surface area (Å²) >= 11 is 0. The number of rotatable bonds is 4. The molecule has 1 atom stereocenters. The monoisotopic (exact) mass is 247 g/mol. The number of fused-ring (bicyclic) bond motifs is 1. The predicted octanol–water partition coefficient (Wildman–Crippen LogP) is -0.296. The average Bonchev–Trinajstić information content (AvgIpc) is 2.75. The lowest BCUT2D eigenvalue weighted by atomic mass is 10.2. The number of hydrogen-bond acceptors (Lipinski definition) is 4. The minimum atomic E-state index is -0.944. The number of carbonyl (C=O) groups excluding carboxylic acids is 2. The Morgan fingerprint density at radius 2 is 2.22 bits per heavy atom. The molecule has 7 nitrogen and oxygen atoms in total. The van der Waals surface area contributed by atoms with Gasteiger partial charge in [-0.1, -0.05) is 0 Å². The Kier molecular flexibility index (Phi) is 3.24. The third-order valence-electron chi connectivity index (χ3n) is 2.47. The van der Waals surface area contributed by atoms with Gasteiger partial charge in [-0.3, -0.25) is 14.7 Å². The number of benzene rings is 1. The van der Waals surface area contributed by atoms with Gasteiger partial charge in [0.25, 0.3) is 0 Å². The van der Waals surface area contributed by atoms with Crippen molar-refractivity contribution in [1.82, 2.24) is 10.2 Å². The highest BCUT2D eigenvalue weighted by Gasteiger charge is 2.16. The smallest absolute Gasteiger partial charge is 0.241 e. The normalized spacial score (nSPS) is 12.3. The first-order valence-corrected chi connectivity index (χ1v) is 5.34. The molecule has 0 spiro atoms. The van der Waals surface area contributed by atoms with E-state index in [0.717, 1.165) is 10.9 Å². The maximum atomic E-state index is 11.7. The van der Waals surface area contributed by atoms with Gasteiger partial charge in [-0.25, -0.2) is 0 Å². The van der Waals surface area contributed by atoms with Crippen LogP contribution in [0.5, 0.6) is 0 Å². The largest absolute Gasteiger partial charge is 0.370 e. The number of anilines is 1. The van der Waals surface area contributed by atoms with Crippen LogP contribution in [0.2, 0.25) is 0 Å². The minimum Gasteiger partial charge on any atom is -0.370 e. The van der Waals surface area contributed by atoms with Crippen molar-refractivity contribution in [3.8, 4) is 0 Å². The number of aromatic amines is 1. The van der Waals surface area contributed by atoms with Gasteiger partial charge in [0.2, 0.25) is 11.8 Å². The fraction of sp³-hybridized carbons (Fsp3) is 0.182. The summed E-state index contributed by atoms with van der Waals surface area (Å²) in [5.41, 5.74) is 11.9. The molecule has 2 rings (SSSR count). The molecule has 94 valence electrons. The van der Waals surface area contributed by atoms with Gasteiger partial charge in [0.15, 0.2) is 0 Å². The van der Waals surface area contributed by atoms with E-state index >= 15 is 0 Å². The summed E-state index contributed by atoms with van der Waals surface area (Å²) in [5.74, 6) is -1.06. The van der Waals surface area contributed by atoms with Crippen LogP contribution in [0.4, 0.5) is 5.69 Å². The van der Waals surface area contributed by atoms with Crippen molar-refractivity contribution in [2.24, 2.45) is 11.5 Å². The van der Waals surface area contributed by atoms with Crippen molar-refractivity contribution in [2.45, 2.75) is 12.5 Å². The van der Waals surface area contributed by atoms with Gasteiger partial charge in [0.05, 0.1) is 24.2 Å². The minimum absolute atomic E-state index is 0.182. The molecule has 1 unspecified atom stereocenters. The van der Waals surface area contributed by atoms with E-state index in [-0.39, 0.29) is 6.42 Å². The van der Waals surface area contributed by atoms with Crippen LogP contribution in [0.15, 0.2) is 24.4 Å². The van der Waals surface area contributed by atoms with Crippen LogP contribution in [0.25, 0.3) is 10.9 Å². The molecular weight excluding hydrogens is 234 g/mol. The van der Waals surface area contributed by atoms with Crippen molar-refractivity contribution < 1.29 is 9.59 Å². The molecule has 0 radical (unpaired) electrons. The second-order valence-corrected chi connectivity index (χ2v) is 3.94.